The summed E-state index contributed by atoms with van der Waals surface area (Å²) in [7, 11) is 3.28. The highest BCUT2D eigenvalue weighted by atomic mass is 35.5. The van der Waals surface area contributed by atoms with Crippen molar-refractivity contribution < 1.29 is 52.8 Å². The summed E-state index contributed by atoms with van der Waals surface area (Å²) in [5.41, 5.74) is 2.86. The highest BCUT2D eigenvalue weighted by Crippen LogP contribution is 2.74. The SMILES string of the molecule is CC1(C)CCC2(CC1)C[C@@H](C(=O)O)[C@H](c1ccnc(Cl)c1F)C21C(=O)Nc2nc(Cl)ccc21.COC1(CO)CCC(CC(=O)[C@@H]2CC3(CCC(C)(C)CC3)[C@@]3(C(=O)Nc4nc(Cl)ccc43)[C@H]2c2ccnc(Cl)c2F)CC1.COC1(CO)CCC(N)CC1.Cl. The molecule has 2 amide bonds. The molecule has 88 heavy (non-hydrogen) atoms. The Morgan fingerprint density at radius 1 is 0.614 bits per heavy atom. The average molecular weight is 1320 g/mol. The molecule has 6 fully saturated rings. The van der Waals surface area contributed by atoms with E-state index in [1.165, 1.54) is 18.5 Å². The Balaban J connectivity index is 0.000000181. The minimum atomic E-state index is -1.31. The molecule has 6 saturated carbocycles. The molecule has 23 heteroatoms. The van der Waals surface area contributed by atoms with Crippen LogP contribution in [0.2, 0.25) is 20.6 Å². The van der Waals surface area contributed by atoms with E-state index in [0.717, 1.165) is 77.0 Å². The van der Waals surface area contributed by atoms with Gasteiger partial charge in [-0.05, 0) is 179 Å². The number of nitrogens with one attached hydrogen (secondary N) is 2. The quantitative estimate of drug-likeness (QED) is 0.0809. The molecule has 4 aromatic rings. The van der Waals surface area contributed by atoms with Gasteiger partial charge in [-0.3, -0.25) is 19.2 Å². The van der Waals surface area contributed by atoms with Crippen molar-refractivity contribution in [2.24, 2.45) is 45.1 Å². The van der Waals surface area contributed by atoms with E-state index in [9.17, 15) is 29.4 Å². The lowest BCUT2D eigenvalue weighted by Crippen LogP contribution is -2.52. The number of aliphatic carboxylic acids is 1. The third kappa shape index (κ3) is 11.7. The fourth-order valence-electron chi connectivity index (χ4n) is 17.3. The van der Waals surface area contributed by atoms with Crippen LogP contribution in [0.1, 0.15) is 184 Å². The van der Waals surface area contributed by atoms with Gasteiger partial charge in [-0.15, -0.1) is 12.4 Å². The number of pyridine rings is 4. The highest BCUT2D eigenvalue weighted by molar-refractivity contribution is 6.30. The summed E-state index contributed by atoms with van der Waals surface area (Å²) in [6, 6.07) is 10.2. The lowest BCUT2D eigenvalue weighted by molar-refractivity contribution is -0.142. The van der Waals surface area contributed by atoms with Gasteiger partial charge in [-0.1, -0.05) is 86.2 Å². The van der Waals surface area contributed by atoms with Crippen molar-refractivity contribution in [1.82, 2.24) is 19.9 Å². The molecule has 1 unspecified atom stereocenters. The van der Waals surface area contributed by atoms with Crippen molar-refractivity contribution in [2.45, 2.75) is 190 Å². The molecule has 2 aliphatic heterocycles. The molecule has 0 saturated heterocycles. The van der Waals surface area contributed by atoms with Crippen LogP contribution < -0.4 is 16.4 Å². The number of aromatic nitrogens is 4. The van der Waals surface area contributed by atoms with Gasteiger partial charge in [-0.25, -0.2) is 28.7 Å². The van der Waals surface area contributed by atoms with Crippen molar-refractivity contribution in [3.05, 3.63) is 103 Å². The van der Waals surface area contributed by atoms with Gasteiger partial charge in [0.15, 0.2) is 21.9 Å². The second-order valence-electron chi connectivity index (χ2n) is 27.9. The second kappa shape index (κ2) is 25.7. The van der Waals surface area contributed by atoms with Crippen LogP contribution in [0.5, 0.6) is 0 Å². The normalized spacial score (nSPS) is 31.8. The number of anilines is 2. The number of carbonyl (C=O) groups excluding carboxylic acids is 3. The summed E-state index contributed by atoms with van der Waals surface area (Å²) in [5, 5.41) is 35.0. The van der Waals surface area contributed by atoms with Crippen molar-refractivity contribution in [2.75, 3.05) is 38.1 Å². The topological polar surface area (TPSA) is 249 Å². The average Bonchev–Trinajstić information content (AvgIpc) is 1.51. The van der Waals surface area contributed by atoms with E-state index < -0.39 is 68.5 Å². The number of halogens is 7. The first kappa shape index (κ1) is 68.2. The number of carboxylic acid groups (broad SMARTS) is 1. The minimum absolute atomic E-state index is 0. The van der Waals surface area contributed by atoms with E-state index in [-0.39, 0.29) is 104 Å². The Hall–Kier alpha value is -4.21. The zero-order chi connectivity index (χ0) is 62.9. The largest absolute Gasteiger partial charge is 0.481 e. The number of ether oxygens (including phenoxy) is 2. The number of amides is 2. The zero-order valence-corrected chi connectivity index (χ0v) is 54.6. The molecule has 8 aliphatic rings. The number of methoxy groups -OCH3 is 2. The van der Waals surface area contributed by atoms with Gasteiger partial charge in [0, 0.05) is 68.0 Å². The van der Waals surface area contributed by atoms with Crippen LogP contribution in [-0.4, -0.2) is 103 Å². The summed E-state index contributed by atoms with van der Waals surface area (Å²) >= 11 is 24.7. The lowest BCUT2D eigenvalue weighted by atomic mass is 9.51. The monoisotopic (exact) mass is 1320 g/mol. The molecule has 480 valence electrons. The summed E-state index contributed by atoms with van der Waals surface area (Å²) in [5.74, 6) is -5.62. The first-order valence-electron chi connectivity index (χ1n) is 30.6. The van der Waals surface area contributed by atoms with Crippen LogP contribution in [0.25, 0.3) is 0 Å². The molecular formula is C65H82Cl5F2N7O9. The number of hydrogen-bond acceptors (Lipinski definition) is 13. The third-order valence-corrected chi connectivity index (χ3v) is 23.5. The fourth-order valence-corrected chi connectivity index (χ4v) is 18.0. The number of aliphatic hydroxyl groups excluding tert-OH is 2. The molecule has 6 aliphatic carbocycles. The van der Waals surface area contributed by atoms with E-state index in [1.807, 2.05) is 6.07 Å². The Kier molecular flexibility index (Phi) is 19.9. The molecule has 6 atom stereocenters. The number of rotatable bonds is 10. The number of nitrogens with two attached hydrogens (primary N) is 1. The first-order chi connectivity index (χ1) is 41.2. The summed E-state index contributed by atoms with van der Waals surface area (Å²) in [4.78, 5) is 72.3. The van der Waals surface area contributed by atoms with Gasteiger partial charge < -0.3 is 41.2 Å². The number of fused-ring (bicyclic) bond motifs is 6. The molecule has 12 rings (SSSR count). The van der Waals surface area contributed by atoms with Crippen LogP contribution in [0.3, 0.4) is 0 Å². The van der Waals surface area contributed by atoms with Gasteiger partial charge in [0.05, 0.1) is 41.2 Å². The molecule has 0 radical (unpaired) electrons. The van der Waals surface area contributed by atoms with Gasteiger partial charge in [-0.2, -0.15) is 0 Å². The van der Waals surface area contributed by atoms with E-state index in [4.69, 9.17) is 66.7 Å². The predicted molar refractivity (Wildman–Crippen MR) is 335 cm³/mol. The van der Waals surface area contributed by atoms with Gasteiger partial charge in [0.1, 0.15) is 27.7 Å². The van der Waals surface area contributed by atoms with Crippen molar-refractivity contribution in [1.29, 1.82) is 0 Å². The Bertz CT molecular complexity index is 3280. The lowest BCUT2D eigenvalue weighted by Gasteiger charge is -2.50. The molecule has 7 N–H and O–H groups in total. The Labute approximate surface area is 539 Å². The summed E-state index contributed by atoms with van der Waals surface area (Å²) < 4.78 is 42.4. The van der Waals surface area contributed by atoms with Gasteiger partial charge in [0.2, 0.25) is 11.8 Å². The van der Waals surface area contributed by atoms with Crippen molar-refractivity contribution in [3.8, 4) is 0 Å². The van der Waals surface area contributed by atoms with E-state index in [0.29, 0.717) is 67.3 Å². The minimum Gasteiger partial charge on any atom is -0.481 e. The number of carbonyl (C=O) groups is 4. The van der Waals surface area contributed by atoms with Crippen LogP contribution in [-0.2, 0) is 39.5 Å². The second-order valence-corrected chi connectivity index (χ2v) is 29.4. The van der Waals surface area contributed by atoms with Crippen LogP contribution in [0.15, 0.2) is 48.8 Å². The van der Waals surface area contributed by atoms with E-state index in [2.05, 4.69) is 58.3 Å². The summed E-state index contributed by atoms with van der Waals surface area (Å²) in [6.45, 7) is 8.91. The van der Waals surface area contributed by atoms with Gasteiger partial charge in [0.25, 0.3) is 0 Å². The molecule has 4 spiro atoms. The van der Waals surface area contributed by atoms with Crippen molar-refractivity contribution in [3.63, 3.8) is 0 Å². The fraction of sp³-hybridized carbons (Fsp3) is 0.631. The number of hydrogen-bond donors (Lipinski definition) is 6. The summed E-state index contributed by atoms with van der Waals surface area (Å²) in [6.07, 6.45) is 16.6. The number of nitrogens with zero attached hydrogens (tertiary/aromatic N) is 4. The smallest absolute Gasteiger partial charge is 0.307 e. The zero-order valence-electron chi connectivity index (χ0n) is 50.8. The number of Topliss-reactive ketones (excluding diaryl/α,β-unsaturated/α-hetero) is 1. The van der Waals surface area contributed by atoms with E-state index in [1.54, 1.807) is 38.5 Å². The van der Waals surface area contributed by atoms with Gasteiger partial charge >= 0.3 is 5.97 Å². The maximum atomic E-state index is 16.1. The number of ketones is 1. The van der Waals surface area contributed by atoms with Crippen molar-refractivity contribution >= 4 is 94.0 Å². The molecule has 0 aromatic carbocycles. The standard InChI is InChI=1S/C33H40Cl2FN3O4.C24H24Cl2FN3O3.C8H17NO2.ClH/c1-30(2)11-13-31(14-12-30)17-21(23(41)16-19-6-9-32(18-40,43-3)10-7-19)25(20-8-15-37-27(35)26(20)36)33(31)22-4-5-24(34)38-28(22)39-29(33)42;1-22(2)6-8-23(9-7-22)11-13(20(31)32)16(12-5-10-28-18(26)17(12)27)24(23)14-3-4-15(25)29-19(14)30-21(24)33;1-11-8(6-10)4-2-7(9)3-5-8;/h4-5,8,15,19,21,25,40H,6-7,9-14,16-18H2,1-3H3,(H,38,39,42);3-5,10,13,16H,6-9,11H2,1-2H3,(H,31,32)(H,29,30,33);7,10H,2-6,9H2,1H3;1H/t19?,21-,25-,32?,33+;13-,16+,24?;;/m01../s1. The maximum absolute atomic E-state index is 16.1. The third-order valence-electron chi connectivity index (χ3n) is 22.5. The highest BCUT2D eigenvalue weighted by Gasteiger charge is 2.75. The maximum Gasteiger partial charge on any atom is 0.307 e. The van der Waals surface area contributed by atoms with E-state index >= 15 is 8.78 Å². The molecular weight excluding hydrogens is 1240 g/mol. The molecule has 0 bridgehead atoms. The number of aliphatic hydroxyl groups is 2. The Morgan fingerprint density at radius 2 is 1.00 bits per heavy atom. The molecule has 4 aromatic heterocycles. The first-order valence-corrected chi connectivity index (χ1v) is 32.1. The van der Waals surface area contributed by atoms with Crippen LogP contribution >= 0.6 is 58.8 Å². The van der Waals surface area contributed by atoms with Crippen LogP contribution in [0, 0.1) is 51.0 Å². The predicted octanol–water partition coefficient (Wildman–Crippen LogP) is 13.3. The van der Waals surface area contributed by atoms with Crippen LogP contribution in [0.4, 0.5) is 20.4 Å². The molecule has 6 heterocycles. The Morgan fingerprint density at radius 3 is 1.39 bits per heavy atom. The molecule has 16 nitrogen and oxygen atoms in total. The number of carboxylic acids is 1.